The largest absolute Gasteiger partial charge is 0.455 e. The second-order valence-electron chi connectivity index (χ2n) is 15.3. The number of hydrogen-bond acceptors (Lipinski definition) is 3. The maximum atomic E-state index is 7.03. The first-order valence-electron chi connectivity index (χ1n) is 20.7. The highest BCUT2D eigenvalue weighted by molar-refractivity contribution is 6.20. The van der Waals surface area contributed by atoms with Crippen LogP contribution < -0.4 is 9.80 Å². The Morgan fingerprint density at radius 1 is 0.279 bits per heavy atom. The van der Waals surface area contributed by atoms with Crippen LogP contribution in [-0.4, -0.2) is 0 Å². The Bertz CT molecular complexity index is 3250. The van der Waals surface area contributed by atoms with Crippen LogP contribution in [0.5, 0.6) is 0 Å². The van der Waals surface area contributed by atoms with Crippen molar-refractivity contribution >= 4 is 66.8 Å². The van der Waals surface area contributed by atoms with Crippen LogP contribution in [0.4, 0.5) is 34.1 Å². The summed E-state index contributed by atoms with van der Waals surface area (Å²) < 4.78 is 7.03. The second kappa shape index (κ2) is 15.6. The summed E-state index contributed by atoms with van der Waals surface area (Å²) in [7, 11) is 0. The van der Waals surface area contributed by atoms with Gasteiger partial charge in [-0.1, -0.05) is 176 Å². The molecule has 0 aliphatic rings. The van der Waals surface area contributed by atoms with Crippen molar-refractivity contribution in [1.29, 1.82) is 0 Å². The van der Waals surface area contributed by atoms with Crippen molar-refractivity contribution < 1.29 is 4.42 Å². The van der Waals surface area contributed by atoms with Crippen molar-refractivity contribution in [2.75, 3.05) is 9.80 Å². The van der Waals surface area contributed by atoms with E-state index in [4.69, 9.17) is 4.42 Å². The predicted molar refractivity (Wildman–Crippen MR) is 257 cm³/mol. The first-order valence-corrected chi connectivity index (χ1v) is 20.7. The molecule has 0 amide bonds. The van der Waals surface area contributed by atoms with Crippen molar-refractivity contribution in [3.05, 3.63) is 243 Å². The van der Waals surface area contributed by atoms with Gasteiger partial charge in [-0.3, -0.25) is 0 Å². The van der Waals surface area contributed by atoms with E-state index in [0.29, 0.717) is 0 Å². The van der Waals surface area contributed by atoms with Gasteiger partial charge in [-0.2, -0.15) is 0 Å². The Morgan fingerprint density at radius 2 is 0.689 bits per heavy atom. The molecule has 0 aliphatic carbocycles. The normalized spacial score (nSPS) is 11.3. The number of benzene rings is 10. The minimum atomic E-state index is 0.816. The van der Waals surface area contributed by atoms with E-state index < -0.39 is 0 Å². The first-order chi connectivity index (χ1) is 30.2. The second-order valence-corrected chi connectivity index (χ2v) is 15.3. The summed E-state index contributed by atoms with van der Waals surface area (Å²) in [6.07, 6.45) is 0. The SMILES string of the molecule is c1ccc(-c2ccc(-c3ccc(N(c4ccccc4)c4cc(N(c5ccccc5)c5ccc(-c6ccccc6)cc5)cc5oc6c7ccccc7ccc6c45)cc3)cc2)cc1. The van der Waals surface area contributed by atoms with E-state index in [1.807, 2.05) is 0 Å². The maximum absolute atomic E-state index is 7.03. The van der Waals surface area contributed by atoms with E-state index in [9.17, 15) is 0 Å². The molecule has 10 aromatic carbocycles. The number of anilines is 6. The van der Waals surface area contributed by atoms with Gasteiger partial charge in [-0.05, 0) is 99.4 Å². The van der Waals surface area contributed by atoms with E-state index >= 15 is 0 Å². The van der Waals surface area contributed by atoms with Crippen LogP contribution in [0.1, 0.15) is 0 Å². The average Bonchev–Trinajstić information content (AvgIpc) is 3.73. The van der Waals surface area contributed by atoms with Crippen LogP contribution in [0, 0.1) is 0 Å². The first kappa shape index (κ1) is 36.0. The molecule has 0 unspecified atom stereocenters. The molecule has 0 bridgehead atoms. The fourth-order valence-corrected chi connectivity index (χ4v) is 8.65. The molecule has 1 heterocycles. The summed E-state index contributed by atoms with van der Waals surface area (Å²) in [4.78, 5) is 4.70. The third kappa shape index (κ3) is 6.78. The molecular formula is C58H40N2O. The number of nitrogens with zero attached hydrogens (tertiary/aromatic N) is 2. The fourth-order valence-electron chi connectivity index (χ4n) is 8.65. The van der Waals surface area contributed by atoms with Gasteiger partial charge in [-0.15, -0.1) is 0 Å². The van der Waals surface area contributed by atoms with E-state index in [-0.39, 0.29) is 0 Å². The van der Waals surface area contributed by atoms with Crippen molar-refractivity contribution in [3.63, 3.8) is 0 Å². The molecule has 61 heavy (non-hydrogen) atoms. The van der Waals surface area contributed by atoms with Gasteiger partial charge < -0.3 is 14.2 Å². The topological polar surface area (TPSA) is 19.6 Å². The Balaban J connectivity index is 1.11. The zero-order valence-electron chi connectivity index (χ0n) is 33.4. The maximum Gasteiger partial charge on any atom is 0.143 e. The highest BCUT2D eigenvalue weighted by Crippen LogP contribution is 2.48. The van der Waals surface area contributed by atoms with Crippen molar-refractivity contribution in [1.82, 2.24) is 0 Å². The number of fused-ring (bicyclic) bond motifs is 5. The molecule has 288 valence electrons. The molecule has 0 aliphatic heterocycles. The lowest BCUT2D eigenvalue weighted by molar-refractivity contribution is 0.673. The van der Waals surface area contributed by atoms with E-state index in [0.717, 1.165) is 72.4 Å². The van der Waals surface area contributed by atoms with E-state index in [1.54, 1.807) is 0 Å². The molecule has 0 atom stereocenters. The minimum absolute atomic E-state index is 0.816. The van der Waals surface area contributed by atoms with Crippen LogP contribution >= 0.6 is 0 Å². The molecule has 0 N–H and O–H groups in total. The Morgan fingerprint density at radius 3 is 1.23 bits per heavy atom. The summed E-state index contributed by atoms with van der Waals surface area (Å²) in [6.45, 7) is 0. The molecule has 11 rings (SSSR count). The summed E-state index contributed by atoms with van der Waals surface area (Å²) in [5.41, 5.74) is 15.0. The molecule has 11 aromatic rings. The van der Waals surface area contributed by atoms with Crippen LogP contribution in [0.3, 0.4) is 0 Å². The van der Waals surface area contributed by atoms with Gasteiger partial charge in [0, 0.05) is 39.6 Å². The number of rotatable bonds is 9. The van der Waals surface area contributed by atoms with Gasteiger partial charge in [0.05, 0.1) is 16.8 Å². The number of hydrogen-bond donors (Lipinski definition) is 0. The fraction of sp³-hybridized carbons (Fsp3) is 0. The Hall–Kier alpha value is -8.14. The smallest absolute Gasteiger partial charge is 0.143 e. The van der Waals surface area contributed by atoms with Crippen molar-refractivity contribution in [2.45, 2.75) is 0 Å². The van der Waals surface area contributed by atoms with Gasteiger partial charge in [0.1, 0.15) is 11.2 Å². The third-order valence-electron chi connectivity index (χ3n) is 11.6. The lowest BCUT2D eigenvalue weighted by atomic mass is 9.99. The predicted octanol–water partition coefficient (Wildman–Crippen LogP) is 16.7. The summed E-state index contributed by atoms with van der Waals surface area (Å²) >= 11 is 0. The zero-order valence-corrected chi connectivity index (χ0v) is 33.4. The minimum Gasteiger partial charge on any atom is -0.455 e. The van der Waals surface area contributed by atoms with Gasteiger partial charge in [0.15, 0.2) is 0 Å². The highest BCUT2D eigenvalue weighted by Gasteiger charge is 2.24. The van der Waals surface area contributed by atoms with Gasteiger partial charge in [-0.25, -0.2) is 0 Å². The van der Waals surface area contributed by atoms with Gasteiger partial charge >= 0.3 is 0 Å². The molecular weight excluding hydrogens is 741 g/mol. The Labute approximate surface area is 355 Å². The lowest BCUT2D eigenvalue weighted by Gasteiger charge is -2.30. The standard InChI is InChI=1S/C58H40N2O/c1-5-15-41(16-6-1)43-25-27-44(28-26-43)46-31-36-51(37-32-46)60(49-22-11-4-12-23-49)55-39-52(40-56-57(55)54-38-33-47-19-13-14-24-53(47)58(54)61-56)59(48-20-9-3-10-21-48)50-34-29-45(30-35-50)42-17-7-2-8-18-42/h1-40H. The average molecular weight is 781 g/mol. The molecule has 3 nitrogen and oxygen atoms in total. The lowest BCUT2D eigenvalue weighted by Crippen LogP contribution is -2.13. The molecule has 0 radical (unpaired) electrons. The summed E-state index contributed by atoms with van der Waals surface area (Å²) in [6, 6.07) is 86.4. The molecule has 0 saturated carbocycles. The molecule has 3 heteroatoms. The van der Waals surface area contributed by atoms with Crippen LogP contribution in [-0.2, 0) is 0 Å². The van der Waals surface area contributed by atoms with Gasteiger partial charge in [0.25, 0.3) is 0 Å². The summed E-state index contributed by atoms with van der Waals surface area (Å²) in [5, 5.41) is 4.37. The zero-order chi connectivity index (χ0) is 40.5. The molecule has 1 aromatic heterocycles. The molecule has 0 fully saturated rings. The van der Waals surface area contributed by atoms with Crippen molar-refractivity contribution in [3.8, 4) is 33.4 Å². The highest BCUT2D eigenvalue weighted by atomic mass is 16.3. The monoisotopic (exact) mass is 780 g/mol. The molecule has 0 spiro atoms. The number of furan rings is 1. The quantitative estimate of drug-likeness (QED) is 0.145. The van der Waals surface area contributed by atoms with Crippen LogP contribution in [0.25, 0.3) is 66.1 Å². The van der Waals surface area contributed by atoms with Crippen LogP contribution in [0.15, 0.2) is 247 Å². The number of para-hydroxylation sites is 2. The van der Waals surface area contributed by atoms with E-state index in [1.165, 1.54) is 27.8 Å². The summed E-state index contributed by atoms with van der Waals surface area (Å²) in [5.74, 6) is 0. The third-order valence-corrected chi connectivity index (χ3v) is 11.6. The van der Waals surface area contributed by atoms with Crippen LogP contribution in [0.2, 0.25) is 0 Å². The molecule has 0 saturated heterocycles. The van der Waals surface area contributed by atoms with Gasteiger partial charge in [0.2, 0.25) is 0 Å². The van der Waals surface area contributed by atoms with E-state index in [2.05, 4.69) is 252 Å². The van der Waals surface area contributed by atoms with Crippen molar-refractivity contribution in [2.24, 2.45) is 0 Å². The Kier molecular flexibility index (Phi) is 9.18.